The standard InChI is InChI=1S/C11H13FN6O/c1-18(5-9-14-6-15-17-9)11(19)7-3-2-4-8(12)10(7)16-13/h2-4,6,16H,5,13H2,1H3,(H,14,15,17). The van der Waals surface area contributed by atoms with Crippen molar-refractivity contribution in [3.63, 3.8) is 0 Å². The molecule has 8 heteroatoms. The van der Waals surface area contributed by atoms with Gasteiger partial charge in [0.15, 0.2) is 0 Å². The van der Waals surface area contributed by atoms with Crippen molar-refractivity contribution in [3.05, 3.63) is 41.7 Å². The number of aromatic nitrogens is 3. The summed E-state index contributed by atoms with van der Waals surface area (Å²) in [5.41, 5.74) is 2.33. The summed E-state index contributed by atoms with van der Waals surface area (Å²) in [6, 6.07) is 4.17. The van der Waals surface area contributed by atoms with E-state index in [2.05, 4.69) is 20.6 Å². The highest BCUT2D eigenvalue weighted by molar-refractivity contribution is 5.99. The SMILES string of the molecule is CN(Cc1ncn[nH]1)C(=O)c1cccc(F)c1NN. The summed E-state index contributed by atoms with van der Waals surface area (Å²) in [5.74, 6) is 4.82. The Morgan fingerprint density at radius 1 is 1.58 bits per heavy atom. The summed E-state index contributed by atoms with van der Waals surface area (Å²) in [5, 5.41) is 6.33. The summed E-state index contributed by atoms with van der Waals surface area (Å²) in [6.07, 6.45) is 1.35. The molecule has 4 N–H and O–H groups in total. The van der Waals surface area contributed by atoms with Gasteiger partial charge in [-0.3, -0.25) is 15.7 Å². The van der Waals surface area contributed by atoms with E-state index in [9.17, 15) is 9.18 Å². The van der Waals surface area contributed by atoms with Crippen LogP contribution in [0.3, 0.4) is 0 Å². The van der Waals surface area contributed by atoms with Gasteiger partial charge in [0, 0.05) is 7.05 Å². The van der Waals surface area contributed by atoms with Crippen LogP contribution >= 0.6 is 0 Å². The molecule has 0 aliphatic heterocycles. The van der Waals surface area contributed by atoms with Gasteiger partial charge in [-0.1, -0.05) is 6.07 Å². The van der Waals surface area contributed by atoms with Crippen LogP contribution in [0.5, 0.6) is 0 Å². The maximum absolute atomic E-state index is 13.5. The number of nitrogen functional groups attached to an aromatic ring is 1. The lowest BCUT2D eigenvalue weighted by Crippen LogP contribution is -2.28. The summed E-state index contributed by atoms with van der Waals surface area (Å²) in [4.78, 5) is 17.5. The van der Waals surface area contributed by atoms with Gasteiger partial charge in [-0.05, 0) is 12.1 Å². The van der Waals surface area contributed by atoms with Crippen molar-refractivity contribution in [1.29, 1.82) is 0 Å². The van der Waals surface area contributed by atoms with Gasteiger partial charge in [0.25, 0.3) is 5.91 Å². The van der Waals surface area contributed by atoms with E-state index in [1.165, 1.54) is 29.4 Å². The fraction of sp³-hybridized carbons (Fsp3) is 0.182. The summed E-state index contributed by atoms with van der Waals surface area (Å²) in [7, 11) is 1.58. The zero-order valence-corrected chi connectivity index (χ0v) is 10.2. The molecule has 0 radical (unpaired) electrons. The summed E-state index contributed by atoms with van der Waals surface area (Å²) < 4.78 is 13.5. The van der Waals surface area contributed by atoms with Gasteiger partial charge in [-0.25, -0.2) is 9.37 Å². The predicted molar refractivity (Wildman–Crippen MR) is 66.4 cm³/mol. The number of para-hydroxylation sites is 1. The van der Waals surface area contributed by atoms with E-state index in [0.717, 1.165) is 0 Å². The third kappa shape index (κ3) is 2.68. The molecule has 1 aromatic heterocycles. The normalized spacial score (nSPS) is 10.3. The van der Waals surface area contributed by atoms with E-state index < -0.39 is 5.82 Å². The zero-order chi connectivity index (χ0) is 13.8. The Balaban J connectivity index is 2.22. The number of nitrogens with one attached hydrogen (secondary N) is 2. The van der Waals surface area contributed by atoms with E-state index >= 15 is 0 Å². The minimum atomic E-state index is -0.582. The first-order valence-electron chi connectivity index (χ1n) is 5.48. The number of rotatable bonds is 4. The fourth-order valence-electron chi connectivity index (χ4n) is 1.66. The first-order valence-corrected chi connectivity index (χ1v) is 5.48. The Kier molecular flexibility index (Phi) is 3.71. The maximum Gasteiger partial charge on any atom is 0.256 e. The van der Waals surface area contributed by atoms with Crippen molar-refractivity contribution >= 4 is 11.6 Å². The third-order valence-electron chi connectivity index (χ3n) is 2.59. The predicted octanol–water partition coefficient (Wildman–Crippen LogP) is 0.502. The second-order valence-electron chi connectivity index (χ2n) is 3.90. The first-order chi connectivity index (χ1) is 9.13. The molecule has 2 aromatic rings. The zero-order valence-electron chi connectivity index (χ0n) is 10.2. The number of anilines is 1. The molecule has 2 rings (SSSR count). The number of amides is 1. The minimum absolute atomic E-state index is 0.0306. The number of halogens is 1. The van der Waals surface area contributed by atoms with Gasteiger partial charge in [0.1, 0.15) is 18.0 Å². The van der Waals surface area contributed by atoms with Crippen LogP contribution in [0.2, 0.25) is 0 Å². The maximum atomic E-state index is 13.5. The van der Waals surface area contributed by atoms with Crippen LogP contribution in [0.25, 0.3) is 0 Å². The van der Waals surface area contributed by atoms with Crippen molar-refractivity contribution in [2.75, 3.05) is 12.5 Å². The molecule has 1 heterocycles. The molecular weight excluding hydrogens is 251 g/mol. The van der Waals surface area contributed by atoms with Crippen LogP contribution in [0.15, 0.2) is 24.5 Å². The Bertz CT molecular complexity index is 571. The number of hydrogen-bond donors (Lipinski definition) is 3. The van der Waals surface area contributed by atoms with Gasteiger partial charge < -0.3 is 10.3 Å². The van der Waals surface area contributed by atoms with Crippen LogP contribution < -0.4 is 11.3 Å². The number of carbonyl (C=O) groups is 1. The minimum Gasteiger partial charge on any atom is -0.334 e. The molecule has 1 aromatic carbocycles. The van der Waals surface area contributed by atoms with E-state index in [4.69, 9.17) is 5.84 Å². The summed E-state index contributed by atoms with van der Waals surface area (Å²) in [6.45, 7) is 0.235. The lowest BCUT2D eigenvalue weighted by atomic mass is 10.1. The van der Waals surface area contributed by atoms with E-state index in [1.54, 1.807) is 7.05 Å². The molecular formula is C11H13FN6O. The molecule has 0 saturated carbocycles. The Morgan fingerprint density at radius 3 is 3.00 bits per heavy atom. The van der Waals surface area contributed by atoms with Crippen molar-refractivity contribution < 1.29 is 9.18 Å². The topological polar surface area (TPSA) is 99.9 Å². The lowest BCUT2D eigenvalue weighted by Gasteiger charge is -2.17. The molecule has 0 fully saturated rings. The van der Waals surface area contributed by atoms with Gasteiger partial charge >= 0.3 is 0 Å². The lowest BCUT2D eigenvalue weighted by molar-refractivity contribution is 0.0782. The van der Waals surface area contributed by atoms with Crippen molar-refractivity contribution in [2.45, 2.75) is 6.54 Å². The van der Waals surface area contributed by atoms with Crippen molar-refractivity contribution in [1.82, 2.24) is 20.1 Å². The molecule has 19 heavy (non-hydrogen) atoms. The fourth-order valence-corrected chi connectivity index (χ4v) is 1.66. The molecule has 100 valence electrons. The molecule has 0 bridgehead atoms. The van der Waals surface area contributed by atoms with E-state index in [0.29, 0.717) is 5.82 Å². The Morgan fingerprint density at radius 2 is 2.37 bits per heavy atom. The third-order valence-corrected chi connectivity index (χ3v) is 2.59. The summed E-state index contributed by atoms with van der Waals surface area (Å²) >= 11 is 0. The van der Waals surface area contributed by atoms with E-state index in [1.807, 2.05) is 0 Å². The smallest absolute Gasteiger partial charge is 0.256 e. The van der Waals surface area contributed by atoms with Gasteiger partial charge in [-0.2, -0.15) is 5.10 Å². The number of carbonyl (C=O) groups excluding carboxylic acids is 1. The number of hydrogen-bond acceptors (Lipinski definition) is 5. The van der Waals surface area contributed by atoms with Gasteiger partial charge in [0.05, 0.1) is 17.8 Å². The number of hydrazine groups is 1. The Labute approximate surface area is 108 Å². The van der Waals surface area contributed by atoms with Crippen LogP contribution in [-0.4, -0.2) is 33.0 Å². The van der Waals surface area contributed by atoms with Crippen LogP contribution in [0.1, 0.15) is 16.2 Å². The molecule has 1 amide bonds. The molecule has 0 aliphatic carbocycles. The molecule has 0 atom stereocenters. The van der Waals surface area contributed by atoms with Crippen LogP contribution in [-0.2, 0) is 6.54 Å². The largest absolute Gasteiger partial charge is 0.334 e. The number of benzene rings is 1. The average molecular weight is 264 g/mol. The highest BCUT2D eigenvalue weighted by Gasteiger charge is 2.18. The second kappa shape index (κ2) is 5.44. The molecule has 0 saturated heterocycles. The van der Waals surface area contributed by atoms with E-state index in [-0.39, 0.29) is 23.7 Å². The monoisotopic (exact) mass is 264 g/mol. The average Bonchev–Trinajstić information content (AvgIpc) is 2.90. The highest BCUT2D eigenvalue weighted by atomic mass is 19.1. The van der Waals surface area contributed by atoms with Crippen LogP contribution in [0.4, 0.5) is 10.1 Å². The van der Waals surface area contributed by atoms with Gasteiger partial charge in [-0.15, -0.1) is 0 Å². The number of nitrogens with zero attached hydrogens (tertiary/aromatic N) is 3. The van der Waals surface area contributed by atoms with Crippen molar-refractivity contribution in [3.8, 4) is 0 Å². The molecule has 7 nitrogen and oxygen atoms in total. The molecule has 0 spiro atoms. The molecule has 0 unspecified atom stereocenters. The van der Waals surface area contributed by atoms with Crippen LogP contribution in [0, 0.1) is 5.82 Å². The Hall–Kier alpha value is -2.48. The number of H-pyrrole nitrogens is 1. The number of aromatic amines is 1. The van der Waals surface area contributed by atoms with Crippen molar-refractivity contribution in [2.24, 2.45) is 5.84 Å². The molecule has 0 aliphatic rings. The highest BCUT2D eigenvalue weighted by Crippen LogP contribution is 2.20. The first kappa shape index (κ1) is 13.0. The van der Waals surface area contributed by atoms with Gasteiger partial charge in [0.2, 0.25) is 0 Å². The second-order valence-corrected chi connectivity index (χ2v) is 3.90. The quantitative estimate of drug-likeness (QED) is 0.551. The number of nitrogens with two attached hydrogens (primary N) is 1.